The van der Waals surface area contributed by atoms with Gasteiger partial charge in [0.05, 0.1) is 29.8 Å². The first kappa shape index (κ1) is 22.6. The van der Waals surface area contributed by atoms with Crippen LogP contribution in [-0.4, -0.2) is 33.6 Å². The van der Waals surface area contributed by atoms with E-state index >= 15 is 0 Å². The van der Waals surface area contributed by atoms with E-state index in [1.807, 2.05) is 36.4 Å². The molecule has 0 spiro atoms. The van der Waals surface area contributed by atoms with E-state index in [-0.39, 0.29) is 11.5 Å². The van der Waals surface area contributed by atoms with Gasteiger partial charge in [0.15, 0.2) is 0 Å². The number of ether oxygens (including phenoxy) is 1. The lowest BCUT2D eigenvalue weighted by molar-refractivity contribution is -0.146. The number of carboxylic acids is 1. The largest absolute Gasteiger partial charge is 0.497 e. The third-order valence-electron chi connectivity index (χ3n) is 6.66. The Kier molecular flexibility index (Phi) is 5.94. The Labute approximate surface area is 201 Å². The number of methoxy groups -OCH3 is 1. The molecule has 2 aromatic carbocycles. The summed E-state index contributed by atoms with van der Waals surface area (Å²) < 4.78 is 6.90. The summed E-state index contributed by atoms with van der Waals surface area (Å²) in [5, 5.41) is 12.8. The van der Waals surface area contributed by atoms with E-state index in [0.717, 1.165) is 16.9 Å². The minimum Gasteiger partial charge on any atom is -0.497 e. The van der Waals surface area contributed by atoms with Crippen molar-refractivity contribution < 1.29 is 19.4 Å². The van der Waals surface area contributed by atoms with Gasteiger partial charge >= 0.3 is 5.97 Å². The third kappa shape index (κ3) is 4.35. The second kappa shape index (κ2) is 9.21. The number of aliphatic carboxylic acids is 1. The zero-order chi connectivity index (χ0) is 24.5. The Morgan fingerprint density at radius 1 is 1.11 bits per heavy atom. The second-order valence-electron chi connectivity index (χ2n) is 8.80. The molecule has 0 fully saturated rings. The number of nitrogens with one attached hydrogen (secondary N) is 1. The molecule has 2 heterocycles. The predicted octanol–water partition coefficient (Wildman–Crippen LogP) is 3.95. The quantitative estimate of drug-likeness (QED) is 0.545. The molecule has 0 bridgehead atoms. The molecule has 0 radical (unpaired) electrons. The van der Waals surface area contributed by atoms with Crippen LogP contribution < -0.4 is 15.6 Å². The van der Waals surface area contributed by atoms with Gasteiger partial charge in [-0.2, -0.15) is 0 Å². The molecule has 2 aliphatic rings. The van der Waals surface area contributed by atoms with Crippen molar-refractivity contribution in [2.45, 2.75) is 25.8 Å². The molecule has 1 aliphatic carbocycles. The molecule has 1 aliphatic heterocycles. The van der Waals surface area contributed by atoms with Crippen molar-refractivity contribution in [2.24, 2.45) is 11.8 Å². The third-order valence-corrected chi connectivity index (χ3v) is 6.66. The maximum Gasteiger partial charge on any atom is 0.307 e. The lowest BCUT2D eigenvalue weighted by Crippen LogP contribution is -2.34. The number of allylic oxidation sites excluding steroid dienone is 3. The van der Waals surface area contributed by atoms with Gasteiger partial charge in [-0.25, -0.2) is 4.98 Å². The standard InChI is InChI=1S/C27H25N3O5/c1-35-19-9-6-16(7-10-19)14-17-12-13-30-24(17)29-23-15-18(8-11-22(23)26(30)32)28-25(31)20-4-2-3-5-21(20)27(33)34/h2-3,6-11,14-15,20-21H,4-5,12-13H2,1H3,(H,28,31)(H,33,34)/b17-14+/t20-,21+/m1/s1. The lowest BCUT2D eigenvalue weighted by Gasteiger charge is -2.24. The zero-order valence-corrected chi connectivity index (χ0v) is 19.2. The van der Waals surface area contributed by atoms with Crippen LogP contribution in [0.25, 0.3) is 22.6 Å². The van der Waals surface area contributed by atoms with Crippen molar-refractivity contribution in [2.75, 3.05) is 12.4 Å². The van der Waals surface area contributed by atoms with Crippen LogP contribution >= 0.6 is 0 Å². The molecule has 0 saturated carbocycles. The second-order valence-corrected chi connectivity index (χ2v) is 8.80. The molecule has 1 aromatic heterocycles. The van der Waals surface area contributed by atoms with Gasteiger partial charge in [-0.1, -0.05) is 24.3 Å². The Morgan fingerprint density at radius 3 is 2.57 bits per heavy atom. The molecule has 1 amide bonds. The molecule has 2 N–H and O–H groups in total. The van der Waals surface area contributed by atoms with Crippen LogP contribution in [-0.2, 0) is 16.1 Å². The molecule has 0 saturated heterocycles. The Balaban J connectivity index is 1.45. The summed E-state index contributed by atoms with van der Waals surface area (Å²) in [6.45, 7) is 0.559. The number of aromatic nitrogens is 2. The van der Waals surface area contributed by atoms with Crippen LogP contribution in [0.2, 0.25) is 0 Å². The van der Waals surface area contributed by atoms with E-state index in [2.05, 4.69) is 5.32 Å². The van der Waals surface area contributed by atoms with Crippen molar-refractivity contribution in [3.05, 3.63) is 76.4 Å². The van der Waals surface area contributed by atoms with Crippen molar-refractivity contribution >= 4 is 40.1 Å². The van der Waals surface area contributed by atoms with E-state index in [1.54, 1.807) is 36.0 Å². The molecule has 5 rings (SSSR count). The highest BCUT2D eigenvalue weighted by molar-refractivity contribution is 5.97. The SMILES string of the molecule is COc1ccc(/C=C2\CCn3c2nc2cc(NC(=O)[C@@H]4CC=CC[C@@H]4C(=O)O)ccc2c3=O)cc1. The van der Waals surface area contributed by atoms with Crippen molar-refractivity contribution in [3.63, 3.8) is 0 Å². The van der Waals surface area contributed by atoms with E-state index in [4.69, 9.17) is 9.72 Å². The maximum atomic E-state index is 13.1. The number of rotatable bonds is 5. The van der Waals surface area contributed by atoms with Crippen LogP contribution in [0.1, 0.15) is 30.7 Å². The Hall–Kier alpha value is -4.20. The lowest BCUT2D eigenvalue weighted by atomic mass is 9.82. The average molecular weight is 472 g/mol. The van der Waals surface area contributed by atoms with Gasteiger partial charge in [0.1, 0.15) is 11.6 Å². The molecule has 8 heteroatoms. The van der Waals surface area contributed by atoms with Gasteiger partial charge in [0.2, 0.25) is 5.91 Å². The number of carboxylic acid groups (broad SMARTS) is 1. The number of hydrogen-bond acceptors (Lipinski definition) is 5. The zero-order valence-electron chi connectivity index (χ0n) is 19.2. The van der Waals surface area contributed by atoms with Crippen LogP contribution in [0, 0.1) is 11.8 Å². The summed E-state index contributed by atoms with van der Waals surface area (Å²) in [5.41, 5.74) is 2.79. The average Bonchev–Trinajstić information content (AvgIpc) is 3.27. The van der Waals surface area contributed by atoms with Crippen LogP contribution in [0.15, 0.2) is 59.4 Å². The summed E-state index contributed by atoms with van der Waals surface area (Å²) in [4.78, 5) is 42.3. The van der Waals surface area contributed by atoms with Gasteiger partial charge in [0, 0.05) is 12.2 Å². The fraction of sp³-hybridized carbons (Fsp3) is 0.259. The number of anilines is 1. The number of fused-ring (bicyclic) bond motifs is 2. The Bertz CT molecular complexity index is 1440. The van der Waals surface area contributed by atoms with Crippen LogP contribution in [0.3, 0.4) is 0 Å². The molecule has 2 atom stereocenters. The number of amides is 1. The monoisotopic (exact) mass is 471 g/mol. The fourth-order valence-electron chi connectivity index (χ4n) is 4.75. The minimum atomic E-state index is -0.977. The van der Waals surface area contributed by atoms with E-state index in [0.29, 0.717) is 48.2 Å². The molecule has 3 aromatic rings. The first-order valence-corrected chi connectivity index (χ1v) is 11.5. The molecular formula is C27H25N3O5. The van der Waals surface area contributed by atoms with Gasteiger partial charge in [0.25, 0.3) is 5.56 Å². The topological polar surface area (TPSA) is 111 Å². The highest BCUT2D eigenvalue weighted by atomic mass is 16.5. The van der Waals surface area contributed by atoms with Gasteiger partial charge < -0.3 is 15.2 Å². The molecule has 0 unspecified atom stereocenters. The van der Waals surface area contributed by atoms with Crippen LogP contribution in [0.4, 0.5) is 5.69 Å². The number of benzene rings is 2. The summed E-state index contributed by atoms with van der Waals surface area (Å²) in [6.07, 6.45) is 7.06. The highest BCUT2D eigenvalue weighted by Gasteiger charge is 2.34. The number of hydrogen-bond donors (Lipinski definition) is 2. The smallest absolute Gasteiger partial charge is 0.307 e. The molecule has 178 valence electrons. The number of carbonyl (C=O) groups is 2. The van der Waals surface area contributed by atoms with Gasteiger partial charge in [-0.3, -0.25) is 19.0 Å². The summed E-state index contributed by atoms with van der Waals surface area (Å²) in [5.74, 6) is -1.34. The molecule has 8 nitrogen and oxygen atoms in total. The fourth-order valence-corrected chi connectivity index (χ4v) is 4.75. The summed E-state index contributed by atoms with van der Waals surface area (Å²) in [7, 11) is 1.62. The Morgan fingerprint density at radius 2 is 1.86 bits per heavy atom. The minimum absolute atomic E-state index is 0.121. The van der Waals surface area contributed by atoms with E-state index in [1.165, 1.54) is 0 Å². The first-order valence-electron chi connectivity index (χ1n) is 11.5. The normalized spacial score (nSPS) is 20.1. The summed E-state index contributed by atoms with van der Waals surface area (Å²) >= 11 is 0. The molecule has 35 heavy (non-hydrogen) atoms. The van der Waals surface area contributed by atoms with E-state index in [9.17, 15) is 19.5 Å². The molecular weight excluding hydrogens is 446 g/mol. The van der Waals surface area contributed by atoms with Crippen molar-refractivity contribution in [1.29, 1.82) is 0 Å². The van der Waals surface area contributed by atoms with Crippen molar-refractivity contribution in [3.8, 4) is 5.75 Å². The summed E-state index contributed by atoms with van der Waals surface area (Å²) in [6, 6.07) is 12.7. The number of nitrogens with zero attached hydrogens (tertiary/aromatic N) is 2. The number of carbonyl (C=O) groups excluding carboxylic acids is 1. The highest BCUT2D eigenvalue weighted by Crippen LogP contribution is 2.30. The van der Waals surface area contributed by atoms with E-state index < -0.39 is 17.8 Å². The van der Waals surface area contributed by atoms with Crippen LogP contribution in [0.5, 0.6) is 5.75 Å². The van der Waals surface area contributed by atoms with Gasteiger partial charge in [-0.15, -0.1) is 0 Å². The predicted molar refractivity (Wildman–Crippen MR) is 133 cm³/mol. The maximum absolute atomic E-state index is 13.1. The first-order chi connectivity index (χ1) is 16.9. The van der Waals surface area contributed by atoms with Gasteiger partial charge in [-0.05, 0) is 66.8 Å². The van der Waals surface area contributed by atoms with Crippen molar-refractivity contribution in [1.82, 2.24) is 9.55 Å².